The van der Waals surface area contributed by atoms with E-state index in [1.165, 1.54) is 12.1 Å². The van der Waals surface area contributed by atoms with Gasteiger partial charge >= 0.3 is 0 Å². The van der Waals surface area contributed by atoms with Gasteiger partial charge in [0.2, 0.25) is 0 Å². The molecule has 18 heavy (non-hydrogen) atoms. The molecular formula is C14H18FNO2. The highest BCUT2D eigenvalue weighted by molar-refractivity contribution is 5.38. The number of fused-ring (bicyclic) bond motifs is 1. The van der Waals surface area contributed by atoms with Gasteiger partial charge in [-0.15, -0.1) is 0 Å². The number of benzene rings is 1. The largest absolute Gasteiger partial charge is 0.485 e. The molecule has 4 heteroatoms. The van der Waals surface area contributed by atoms with Crippen LogP contribution in [0.2, 0.25) is 0 Å². The highest BCUT2D eigenvalue weighted by Gasteiger charge is 2.42. The third kappa shape index (κ3) is 1.99. The standard InChI is InChI=1S/C14H18FNO2/c1-16-6-2-5-14(9-16)8-12(17)11-7-10(15)3-4-13(11)18-14/h3-4,7,12,17H,2,5-6,8-9H2,1H3. The summed E-state index contributed by atoms with van der Waals surface area (Å²) < 4.78 is 19.3. The average Bonchev–Trinajstić information content (AvgIpc) is 2.30. The molecule has 1 aromatic rings. The van der Waals surface area contributed by atoms with Crippen molar-refractivity contribution in [2.24, 2.45) is 0 Å². The molecule has 3 rings (SSSR count). The highest BCUT2D eigenvalue weighted by atomic mass is 19.1. The second kappa shape index (κ2) is 4.21. The molecule has 1 N–H and O–H groups in total. The van der Waals surface area contributed by atoms with Crippen LogP contribution in [0.25, 0.3) is 0 Å². The summed E-state index contributed by atoms with van der Waals surface area (Å²) in [5.74, 6) is 0.304. The van der Waals surface area contributed by atoms with Crippen LogP contribution in [0, 0.1) is 5.82 Å². The van der Waals surface area contributed by atoms with Crippen molar-refractivity contribution < 1.29 is 14.2 Å². The molecule has 1 fully saturated rings. The van der Waals surface area contributed by atoms with Crippen LogP contribution in [0.3, 0.4) is 0 Å². The average molecular weight is 251 g/mol. The van der Waals surface area contributed by atoms with E-state index in [4.69, 9.17) is 4.74 Å². The van der Waals surface area contributed by atoms with Gasteiger partial charge in [0.05, 0.1) is 6.10 Å². The molecule has 0 aliphatic carbocycles. The van der Waals surface area contributed by atoms with Gasteiger partial charge in [-0.2, -0.15) is 0 Å². The lowest BCUT2D eigenvalue weighted by molar-refractivity contribution is -0.0556. The number of nitrogens with zero attached hydrogens (tertiary/aromatic N) is 1. The number of piperidine rings is 1. The number of halogens is 1. The summed E-state index contributed by atoms with van der Waals surface area (Å²) in [5, 5.41) is 10.2. The van der Waals surface area contributed by atoms with Gasteiger partial charge in [-0.05, 0) is 44.6 Å². The minimum absolute atomic E-state index is 0.308. The van der Waals surface area contributed by atoms with E-state index in [2.05, 4.69) is 11.9 Å². The summed E-state index contributed by atoms with van der Waals surface area (Å²) >= 11 is 0. The minimum Gasteiger partial charge on any atom is -0.485 e. The summed E-state index contributed by atoms with van der Waals surface area (Å²) in [6.07, 6.45) is 1.94. The van der Waals surface area contributed by atoms with Gasteiger partial charge in [0, 0.05) is 18.5 Å². The van der Waals surface area contributed by atoms with Crippen LogP contribution in [0.5, 0.6) is 5.75 Å². The lowest BCUT2D eigenvalue weighted by Gasteiger charge is -2.45. The second-order valence-electron chi connectivity index (χ2n) is 5.53. The maximum atomic E-state index is 13.2. The van der Waals surface area contributed by atoms with Crippen molar-refractivity contribution in [3.05, 3.63) is 29.6 Å². The van der Waals surface area contributed by atoms with Gasteiger partial charge < -0.3 is 14.7 Å². The zero-order chi connectivity index (χ0) is 12.8. The summed E-state index contributed by atoms with van der Waals surface area (Å²) in [5.41, 5.74) is 0.269. The molecule has 0 amide bonds. The lowest BCUT2D eigenvalue weighted by Crippen LogP contribution is -2.53. The first-order valence-corrected chi connectivity index (χ1v) is 6.43. The first-order valence-electron chi connectivity index (χ1n) is 6.43. The molecule has 0 aromatic heterocycles. The summed E-state index contributed by atoms with van der Waals surface area (Å²) in [6, 6.07) is 4.39. The highest BCUT2D eigenvalue weighted by Crippen LogP contribution is 2.43. The fourth-order valence-electron chi connectivity index (χ4n) is 3.18. The monoisotopic (exact) mass is 251 g/mol. The predicted octanol–water partition coefficient (Wildman–Crippen LogP) is 2.11. The lowest BCUT2D eigenvalue weighted by atomic mass is 9.83. The molecule has 98 valence electrons. The van der Waals surface area contributed by atoms with Gasteiger partial charge in [-0.1, -0.05) is 0 Å². The van der Waals surface area contributed by atoms with E-state index in [1.807, 2.05) is 0 Å². The van der Waals surface area contributed by atoms with E-state index in [0.29, 0.717) is 17.7 Å². The Balaban J connectivity index is 1.93. The Morgan fingerprint density at radius 3 is 3.11 bits per heavy atom. The number of aliphatic hydroxyl groups is 1. The Morgan fingerprint density at radius 2 is 2.33 bits per heavy atom. The second-order valence-corrected chi connectivity index (χ2v) is 5.53. The van der Waals surface area contributed by atoms with Gasteiger partial charge in [-0.25, -0.2) is 4.39 Å². The number of likely N-dealkylation sites (tertiary alicyclic amines) is 1. The van der Waals surface area contributed by atoms with E-state index in [1.54, 1.807) is 6.07 Å². The zero-order valence-electron chi connectivity index (χ0n) is 10.5. The predicted molar refractivity (Wildman–Crippen MR) is 66.1 cm³/mol. The normalized spacial score (nSPS) is 32.1. The van der Waals surface area contributed by atoms with E-state index < -0.39 is 6.10 Å². The molecule has 2 atom stereocenters. The number of aliphatic hydroxyl groups excluding tert-OH is 1. The van der Waals surface area contributed by atoms with Crippen LogP contribution in [0.1, 0.15) is 30.9 Å². The number of ether oxygens (including phenoxy) is 1. The van der Waals surface area contributed by atoms with E-state index >= 15 is 0 Å². The van der Waals surface area contributed by atoms with E-state index in [9.17, 15) is 9.50 Å². The van der Waals surface area contributed by atoms with Crippen molar-refractivity contribution in [3.63, 3.8) is 0 Å². The molecule has 1 saturated heterocycles. The Bertz CT molecular complexity index is 465. The number of likely N-dealkylation sites (N-methyl/N-ethyl adjacent to an activating group) is 1. The molecule has 1 aromatic carbocycles. The van der Waals surface area contributed by atoms with Crippen LogP contribution >= 0.6 is 0 Å². The smallest absolute Gasteiger partial charge is 0.126 e. The summed E-state index contributed by atoms with van der Waals surface area (Å²) in [6.45, 7) is 1.89. The van der Waals surface area contributed by atoms with E-state index in [-0.39, 0.29) is 11.4 Å². The Hall–Kier alpha value is -1.13. The maximum absolute atomic E-state index is 13.2. The van der Waals surface area contributed by atoms with E-state index in [0.717, 1.165) is 25.9 Å². The fourth-order valence-corrected chi connectivity index (χ4v) is 3.18. The van der Waals surface area contributed by atoms with Gasteiger partial charge in [-0.3, -0.25) is 0 Å². The molecule has 2 heterocycles. The molecule has 1 spiro atoms. The van der Waals surface area contributed by atoms with Gasteiger partial charge in [0.1, 0.15) is 17.2 Å². The van der Waals surface area contributed by atoms with Crippen molar-refractivity contribution in [2.75, 3.05) is 20.1 Å². The van der Waals surface area contributed by atoms with Crippen LogP contribution in [-0.4, -0.2) is 35.7 Å². The number of rotatable bonds is 0. The Morgan fingerprint density at radius 1 is 1.50 bits per heavy atom. The van der Waals surface area contributed by atoms with Crippen LogP contribution in [-0.2, 0) is 0 Å². The van der Waals surface area contributed by atoms with Crippen molar-refractivity contribution in [2.45, 2.75) is 31.0 Å². The topological polar surface area (TPSA) is 32.7 Å². The van der Waals surface area contributed by atoms with Crippen molar-refractivity contribution in [1.29, 1.82) is 0 Å². The molecule has 0 bridgehead atoms. The molecule has 0 radical (unpaired) electrons. The molecule has 0 saturated carbocycles. The first kappa shape index (κ1) is 11.9. The molecule has 2 aliphatic rings. The van der Waals surface area contributed by atoms with Crippen molar-refractivity contribution in [3.8, 4) is 5.75 Å². The SMILES string of the molecule is CN1CCCC2(CC(O)c3cc(F)ccc3O2)C1. The molecule has 2 unspecified atom stereocenters. The quantitative estimate of drug-likeness (QED) is 0.766. The van der Waals surface area contributed by atoms with Crippen LogP contribution < -0.4 is 4.74 Å². The van der Waals surface area contributed by atoms with Crippen LogP contribution in [0.4, 0.5) is 4.39 Å². The number of hydrogen-bond donors (Lipinski definition) is 1. The van der Waals surface area contributed by atoms with Gasteiger partial charge in [0.15, 0.2) is 0 Å². The van der Waals surface area contributed by atoms with Crippen molar-refractivity contribution >= 4 is 0 Å². The summed E-state index contributed by atoms with van der Waals surface area (Å²) in [4.78, 5) is 2.23. The molecular weight excluding hydrogens is 233 g/mol. The van der Waals surface area contributed by atoms with Gasteiger partial charge in [0.25, 0.3) is 0 Å². The fraction of sp³-hybridized carbons (Fsp3) is 0.571. The number of hydrogen-bond acceptors (Lipinski definition) is 3. The molecule has 2 aliphatic heterocycles. The minimum atomic E-state index is -0.629. The zero-order valence-corrected chi connectivity index (χ0v) is 10.5. The molecule has 3 nitrogen and oxygen atoms in total. The maximum Gasteiger partial charge on any atom is 0.126 e. The Kier molecular flexibility index (Phi) is 2.79. The summed E-state index contributed by atoms with van der Waals surface area (Å²) in [7, 11) is 2.07. The third-order valence-corrected chi connectivity index (χ3v) is 3.95. The Labute approximate surface area is 106 Å². The first-order chi connectivity index (χ1) is 8.58. The van der Waals surface area contributed by atoms with Crippen molar-refractivity contribution in [1.82, 2.24) is 4.90 Å². The van der Waals surface area contributed by atoms with Crippen LogP contribution in [0.15, 0.2) is 18.2 Å². The third-order valence-electron chi connectivity index (χ3n) is 3.95.